The molecule has 0 aliphatic rings. The monoisotopic (exact) mass is 406 g/mol. The van der Waals surface area contributed by atoms with Gasteiger partial charge < -0.3 is 13.9 Å². The van der Waals surface area contributed by atoms with Crippen LogP contribution in [0.4, 0.5) is 0 Å². The quantitative estimate of drug-likeness (QED) is 0.435. The maximum Gasteiger partial charge on any atom is 0.150 e. The number of rotatable bonds is 11. The fourth-order valence-corrected chi connectivity index (χ4v) is 12.3. The van der Waals surface area contributed by atoms with Crippen molar-refractivity contribution in [3.63, 3.8) is 0 Å². The second-order valence-electron chi connectivity index (χ2n) is 7.13. The fourth-order valence-electron chi connectivity index (χ4n) is 3.33. The predicted octanol–water partition coefficient (Wildman–Crippen LogP) is 5.93. The van der Waals surface area contributed by atoms with E-state index in [4.69, 9.17) is 4.74 Å². The van der Waals surface area contributed by atoms with Crippen LogP contribution in [0.15, 0.2) is 54.6 Å². The number of hydrogen-bond acceptors (Lipinski definition) is 3. The Kier molecular flexibility index (Phi) is 8.39. The first-order valence-corrected chi connectivity index (χ1v) is 14.0. The lowest BCUT2D eigenvalue weighted by atomic mass is 10.3. The van der Waals surface area contributed by atoms with Crippen LogP contribution in [0, 0.1) is 0 Å². The van der Waals surface area contributed by atoms with Crippen LogP contribution in [-0.2, 0) is 9.13 Å². The van der Waals surface area contributed by atoms with Gasteiger partial charge in [-0.25, -0.2) is 0 Å². The number of ether oxygens (including phenoxy) is 1. The summed E-state index contributed by atoms with van der Waals surface area (Å²) in [6.45, 7) is 4.23. The third kappa shape index (κ3) is 5.84. The number of hydrogen-bond donors (Lipinski definition) is 0. The highest BCUT2D eigenvalue weighted by Gasteiger charge is 2.36. The van der Waals surface area contributed by atoms with Crippen molar-refractivity contribution in [3.05, 3.63) is 54.6 Å². The van der Waals surface area contributed by atoms with Gasteiger partial charge in [0.05, 0.1) is 20.2 Å². The van der Waals surface area contributed by atoms with Crippen LogP contribution in [0.5, 0.6) is 5.75 Å². The van der Waals surface area contributed by atoms with Crippen molar-refractivity contribution in [3.8, 4) is 5.75 Å². The molecule has 5 heteroatoms. The van der Waals surface area contributed by atoms with Gasteiger partial charge in [-0.1, -0.05) is 69.2 Å². The summed E-state index contributed by atoms with van der Waals surface area (Å²) in [4.78, 5) is 0. The Balaban J connectivity index is 2.51. The third-order valence-electron chi connectivity index (χ3n) is 4.94. The third-order valence-corrected chi connectivity index (χ3v) is 13.1. The van der Waals surface area contributed by atoms with Gasteiger partial charge >= 0.3 is 0 Å². The molecule has 0 heterocycles. The Hall–Kier alpha value is -1.30. The van der Waals surface area contributed by atoms with Crippen LogP contribution in [0.1, 0.15) is 39.5 Å². The topological polar surface area (TPSA) is 43.4 Å². The average molecular weight is 406 g/mol. The number of benzene rings is 2. The lowest BCUT2D eigenvalue weighted by Gasteiger charge is -2.26. The van der Waals surface area contributed by atoms with E-state index in [1.165, 1.54) is 0 Å². The van der Waals surface area contributed by atoms with Gasteiger partial charge in [-0.05, 0) is 25.0 Å². The maximum absolute atomic E-state index is 14.4. The van der Waals surface area contributed by atoms with E-state index in [2.05, 4.69) is 13.8 Å². The first-order chi connectivity index (χ1) is 13.0. The van der Waals surface area contributed by atoms with Gasteiger partial charge in [-0.2, -0.15) is 0 Å². The lowest BCUT2D eigenvalue weighted by molar-refractivity contribution is 0.415. The van der Waals surface area contributed by atoms with Crippen molar-refractivity contribution in [2.24, 2.45) is 0 Å². The molecule has 0 amide bonds. The predicted molar refractivity (Wildman–Crippen MR) is 118 cm³/mol. The van der Waals surface area contributed by atoms with Crippen LogP contribution in [-0.4, -0.2) is 25.3 Å². The SMILES string of the molecule is CCCCP(=O)(CCCC)CP(=O)(c1ccccc1)c1cccc(OC)c1. The molecule has 0 saturated carbocycles. The standard InChI is InChI=1S/C22H32O3P2/c1-4-6-16-26(23,17-7-5-2)19-27(24,21-13-9-8-10-14-21)22-15-11-12-20(18-22)25-3/h8-15,18H,4-7,16-17,19H2,1-3H3. The zero-order chi connectivity index (χ0) is 19.8. The highest BCUT2D eigenvalue weighted by molar-refractivity contribution is 7.88. The summed E-state index contributed by atoms with van der Waals surface area (Å²) in [5.74, 6) is 0.956. The molecule has 0 spiro atoms. The molecule has 0 saturated heterocycles. The Bertz CT molecular complexity index is 790. The Morgan fingerprint density at radius 3 is 1.96 bits per heavy atom. The molecule has 1 atom stereocenters. The molecular formula is C22H32O3P2. The molecule has 0 aromatic heterocycles. The summed E-state index contributed by atoms with van der Waals surface area (Å²) in [5.41, 5.74) is 0. The van der Waals surface area contributed by atoms with Crippen LogP contribution >= 0.6 is 14.3 Å². The zero-order valence-electron chi connectivity index (χ0n) is 16.8. The first-order valence-electron chi connectivity index (χ1n) is 9.84. The van der Waals surface area contributed by atoms with Crippen molar-refractivity contribution in [1.29, 1.82) is 0 Å². The number of unbranched alkanes of at least 4 members (excludes halogenated alkanes) is 2. The summed E-state index contributed by atoms with van der Waals surface area (Å²) in [7, 11) is -3.93. The van der Waals surface area contributed by atoms with Gasteiger partial charge in [0.1, 0.15) is 12.9 Å². The molecule has 0 aliphatic carbocycles. The fraction of sp³-hybridized carbons (Fsp3) is 0.455. The molecule has 2 rings (SSSR count). The Labute approximate surface area is 164 Å². The minimum atomic E-state index is -3.01. The molecule has 0 bridgehead atoms. The summed E-state index contributed by atoms with van der Waals surface area (Å²) in [6.07, 6.45) is 5.23. The van der Waals surface area contributed by atoms with Gasteiger partial charge in [-0.15, -0.1) is 0 Å². The van der Waals surface area contributed by atoms with Gasteiger partial charge in [0.15, 0.2) is 0 Å². The first kappa shape index (κ1) is 22.0. The smallest absolute Gasteiger partial charge is 0.150 e. The highest BCUT2D eigenvalue weighted by atomic mass is 31.2. The molecule has 0 radical (unpaired) electrons. The van der Waals surface area contributed by atoms with Crippen LogP contribution in [0.2, 0.25) is 0 Å². The van der Waals surface area contributed by atoms with Crippen LogP contribution in [0.25, 0.3) is 0 Å². The van der Waals surface area contributed by atoms with E-state index in [1.807, 2.05) is 54.6 Å². The molecule has 2 aromatic rings. The molecular weight excluding hydrogens is 374 g/mol. The Morgan fingerprint density at radius 2 is 1.41 bits per heavy atom. The number of methoxy groups -OCH3 is 1. The summed E-state index contributed by atoms with van der Waals surface area (Å²) >= 11 is 0. The zero-order valence-corrected chi connectivity index (χ0v) is 18.6. The van der Waals surface area contributed by atoms with Gasteiger partial charge in [0.2, 0.25) is 0 Å². The minimum absolute atomic E-state index is 0.275. The molecule has 0 aliphatic heterocycles. The van der Waals surface area contributed by atoms with Gasteiger partial charge in [-0.3, -0.25) is 0 Å². The van der Waals surface area contributed by atoms with Crippen molar-refractivity contribution < 1.29 is 13.9 Å². The summed E-state index contributed by atoms with van der Waals surface area (Å²) in [5, 5.41) is 1.52. The lowest BCUT2D eigenvalue weighted by Crippen LogP contribution is -2.20. The van der Waals surface area contributed by atoms with E-state index in [9.17, 15) is 9.13 Å². The van der Waals surface area contributed by atoms with Crippen LogP contribution in [0.3, 0.4) is 0 Å². The second-order valence-corrected chi connectivity index (χ2v) is 13.8. The van der Waals surface area contributed by atoms with E-state index >= 15 is 0 Å². The molecule has 27 heavy (non-hydrogen) atoms. The van der Waals surface area contributed by atoms with Crippen molar-refractivity contribution in [2.45, 2.75) is 39.5 Å². The van der Waals surface area contributed by atoms with E-state index in [0.717, 1.165) is 36.3 Å². The van der Waals surface area contributed by atoms with Crippen molar-refractivity contribution in [2.75, 3.05) is 25.3 Å². The molecule has 2 aromatic carbocycles. The van der Waals surface area contributed by atoms with Crippen molar-refractivity contribution in [1.82, 2.24) is 0 Å². The van der Waals surface area contributed by atoms with Crippen LogP contribution < -0.4 is 15.3 Å². The van der Waals surface area contributed by atoms with E-state index in [1.54, 1.807) is 7.11 Å². The minimum Gasteiger partial charge on any atom is -0.497 e. The normalized spacial score (nSPS) is 13.9. The van der Waals surface area contributed by atoms with Crippen molar-refractivity contribution >= 4 is 24.9 Å². The molecule has 148 valence electrons. The highest BCUT2D eigenvalue weighted by Crippen LogP contribution is 2.61. The summed E-state index contributed by atoms with van der Waals surface area (Å²) < 4.78 is 33.6. The average Bonchev–Trinajstić information content (AvgIpc) is 2.71. The molecule has 1 unspecified atom stereocenters. The molecule has 0 fully saturated rings. The molecule has 3 nitrogen and oxygen atoms in total. The van der Waals surface area contributed by atoms with E-state index in [0.29, 0.717) is 18.1 Å². The largest absolute Gasteiger partial charge is 0.497 e. The van der Waals surface area contributed by atoms with Gasteiger partial charge in [0, 0.05) is 22.9 Å². The molecule has 0 N–H and O–H groups in total. The van der Waals surface area contributed by atoms with E-state index < -0.39 is 14.3 Å². The Morgan fingerprint density at radius 1 is 0.815 bits per heavy atom. The van der Waals surface area contributed by atoms with Gasteiger partial charge in [0.25, 0.3) is 0 Å². The van der Waals surface area contributed by atoms with E-state index in [-0.39, 0.29) is 5.90 Å². The second kappa shape index (κ2) is 10.3. The maximum atomic E-state index is 14.4. The summed E-state index contributed by atoms with van der Waals surface area (Å²) in [6, 6.07) is 17.0.